The van der Waals surface area contributed by atoms with Gasteiger partial charge < -0.3 is 10.2 Å². The second-order valence-corrected chi connectivity index (χ2v) is 9.00. The Morgan fingerprint density at radius 1 is 1.03 bits per heavy atom. The molecule has 30 heavy (non-hydrogen) atoms. The number of aryl methyl sites for hydroxylation is 1. The fourth-order valence-electron chi connectivity index (χ4n) is 3.27. The van der Waals surface area contributed by atoms with Crippen molar-refractivity contribution in [3.63, 3.8) is 0 Å². The summed E-state index contributed by atoms with van der Waals surface area (Å²) in [7, 11) is -2.18. The Kier molecular flexibility index (Phi) is 8.00. The smallest absolute Gasteiger partial charge is 0.244 e. The van der Waals surface area contributed by atoms with E-state index in [4.69, 9.17) is 0 Å². The number of carbonyl (C=O) groups is 2. The summed E-state index contributed by atoms with van der Waals surface area (Å²) in [5.74, 6) is -0.729. The fourth-order valence-corrected chi connectivity index (χ4v) is 4.11. The first-order valence-corrected chi connectivity index (χ1v) is 11.6. The van der Waals surface area contributed by atoms with Gasteiger partial charge in [0.05, 0.1) is 11.9 Å². The monoisotopic (exact) mass is 431 g/mol. The summed E-state index contributed by atoms with van der Waals surface area (Å²) in [5, 5.41) is 2.60. The van der Waals surface area contributed by atoms with E-state index in [1.807, 2.05) is 38.1 Å². The number of rotatable bonds is 9. The van der Waals surface area contributed by atoms with Gasteiger partial charge in [0.1, 0.15) is 12.6 Å². The summed E-state index contributed by atoms with van der Waals surface area (Å²) in [5.41, 5.74) is 2.29. The van der Waals surface area contributed by atoms with Crippen molar-refractivity contribution in [2.24, 2.45) is 0 Å². The molecule has 0 saturated carbocycles. The van der Waals surface area contributed by atoms with Crippen molar-refractivity contribution in [3.8, 4) is 0 Å². The maximum atomic E-state index is 13.3. The van der Waals surface area contributed by atoms with E-state index in [2.05, 4.69) is 5.32 Å². The van der Waals surface area contributed by atoms with Crippen molar-refractivity contribution in [1.82, 2.24) is 10.2 Å². The van der Waals surface area contributed by atoms with E-state index >= 15 is 0 Å². The molecule has 0 bridgehead atoms. The number of amides is 2. The second kappa shape index (κ2) is 10.2. The van der Waals surface area contributed by atoms with Gasteiger partial charge in [0, 0.05) is 13.6 Å². The first-order valence-electron chi connectivity index (χ1n) is 9.77. The van der Waals surface area contributed by atoms with Crippen LogP contribution in [0.25, 0.3) is 0 Å². The van der Waals surface area contributed by atoms with Crippen molar-refractivity contribution in [2.75, 3.05) is 24.2 Å². The van der Waals surface area contributed by atoms with Crippen LogP contribution in [0.15, 0.2) is 54.6 Å². The minimum Gasteiger partial charge on any atom is -0.357 e. The molecule has 0 radical (unpaired) electrons. The van der Waals surface area contributed by atoms with Gasteiger partial charge in [-0.3, -0.25) is 13.9 Å². The fraction of sp³-hybridized carbons (Fsp3) is 0.364. The summed E-state index contributed by atoms with van der Waals surface area (Å²) >= 11 is 0. The predicted octanol–water partition coefficient (Wildman–Crippen LogP) is 2.31. The second-order valence-electron chi connectivity index (χ2n) is 7.09. The van der Waals surface area contributed by atoms with Crippen LogP contribution < -0.4 is 9.62 Å². The van der Waals surface area contributed by atoms with Crippen molar-refractivity contribution >= 4 is 27.5 Å². The zero-order chi connectivity index (χ0) is 22.3. The quantitative estimate of drug-likeness (QED) is 0.660. The van der Waals surface area contributed by atoms with Gasteiger partial charge in [0.2, 0.25) is 21.8 Å². The minimum absolute atomic E-state index is 0.212. The van der Waals surface area contributed by atoms with Crippen LogP contribution in [0, 0.1) is 6.92 Å². The van der Waals surface area contributed by atoms with E-state index in [0.29, 0.717) is 12.1 Å². The highest BCUT2D eigenvalue weighted by Gasteiger charge is 2.31. The lowest BCUT2D eigenvalue weighted by Gasteiger charge is -2.33. The Morgan fingerprint density at radius 3 is 2.17 bits per heavy atom. The third-order valence-corrected chi connectivity index (χ3v) is 6.10. The summed E-state index contributed by atoms with van der Waals surface area (Å²) in [4.78, 5) is 27.3. The lowest BCUT2D eigenvalue weighted by Crippen LogP contribution is -2.51. The van der Waals surface area contributed by atoms with Crippen LogP contribution in [0.1, 0.15) is 24.5 Å². The molecule has 0 saturated heterocycles. The third-order valence-electron chi connectivity index (χ3n) is 4.96. The van der Waals surface area contributed by atoms with Gasteiger partial charge in [-0.15, -0.1) is 0 Å². The molecule has 0 heterocycles. The van der Waals surface area contributed by atoms with E-state index in [9.17, 15) is 18.0 Å². The molecule has 2 aromatic carbocycles. The molecule has 2 aromatic rings. The number of nitrogens with one attached hydrogen (secondary N) is 1. The summed E-state index contributed by atoms with van der Waals surface area (Å²) in [6.07, 6.45) is 1.47. The molecule has 8 heteroatoms. The molecule has 0 spiro atoms. The molecule has 0 aliphatic heterocycles. The number of benzene rings is 2. The van der Waals surface area contributed by atoms with Crippen molar-refractivity contribution in [3.05, 3.63) is 65.7 Å². The van der Waals surface area contributed by atoms with Crippen molar-refractivity contribution in [1.29, 1.82) is 0 Å². The van der Waals surface area contributed by atoms with E-state index in [-0.39, 0.29) is 19.0 Å². The van der Waals surface area contributed by atoms with Gasteiger partial charge in [0.15, 0.2) is 0 Å². The standard InChI is InChI=1S/C22H29N3O4S/c1-5-20(22(27)23-3)24(15-18-12-10-9-11-17(18)2)21(26)16-25(30(4,28)29)19-13-7-6-8-14-19/h6-14,20H,5,15-16H2,1-4H3,(H,23,27). The number of likely N-dealkylation sites (N-methyl/N-ethyl adjacent to an activating group) is 1. The van der Waals surface area contributed by atoms with Crippen LogP contribution in [0.3, 0.4) is 0 Å². The van der Waals surface area contributed by atoms with Gasteiger partial charge in [-0.05, 0) is 36.6 Å². The number of nitrogens with zero attached hydrogens (tertiary/aromatic N) is 2. The zero-order valence-corrected chi connectivity index (χ0v) is 18.6. The number of carbonyl (C=O) groups excluding carboxylic acids is 2. The molecule has 162 valence electrons. The first-order chi connectivity index (χ1) is 14.2. The molecule has 1 unspecified atom stereocenters. The molecule has 0 aliphatic rings. The van der Waals surface area contributed by atoms with E-state index < -0.39 is 22.0 Å². The highest BCUT2D eigenvalue weighted by atomic mass is 32.2. The van der Waals surface area contributed by atoms with Gasteiger partial charge in [0.25, 0.3) is 0 Å². The van der Waals surface area contributed by atoms with Crippen LogP contribution in [0.4, 0.5) is 5.69 Å². The SMILES string of the molecule is CCC(C(=O)NC)N(Cc1ccccc1C)C(=O)CN(c1ccccc1)S(C)(=O)=O. The topological polar surface area (TPSA) is 86.8 Å². The Hall–Kier alpha value is -2.87. The normalized spacial score (nSPS) is 12.1. The lowest BCUT2D eigenvalue weighted by molar-refractivity contribution is -0.140. The summed E-state index contributed by atoms with van der Waals surface area (Å²) < 4.78 is 25.9. The maximum absolute atomic E-state index is 13.3. The highest BCUT2D eigenvalue weighted by Crippen LogP contribution is 2.20. The number of anilines is 1. The largest absolute Gasteiger partial charge is 0.357 e. The Morgan fingerprint density at radius 2 is 1.63 bits per heavy atom. The summed E-state index contributed by atoms with van der Waals surface area (Å²) in [6, 6.07) is 15.4. The average molecular weight is 432 g/mol. The average Bonchev–Trinajstić information content (AvgIpc) is 2.72. The Bertz CT molecular complexity index is 977. The summed E-state index contributed by atoms with van der Waals surface area (Å²) in [6.45, 7) is 3.58. The Balaban J connectivity index is 2.42. The van der Waals surface area contributed by atoms with Crippen LogP contribution in [0.2, 0.25) is 0 Å². The van der Waals surface area contributed by atoms with Crippen LogP contribution in [-0.2, 0) is 26.2 Å². The van der Waals surface area contributed by atoms with Gasteiger partial charge >= 0.3 is 0 Å². The molecule has 0 aliphatic carbocycles. The van der Waals surface area contributed by atoms with Crippen molar-refractivity contribution < 1.29 is 18.0 Å². The number of hydrogen-bond donors (Lipinski definition) is 1. The lowest BCUT2D eigenvalue weighted by atomic mass is 10.1. The first kappa shape index (κ1) is 23.4. The minimum atomic E-state index is -3.70. The number of sulfonamides is 1. The molecular formula is C22H29N3O4S. The zero-order valence-electron chi connectivity index (χ0n) is 17.8. The molecule has 0 aromatic heterocycles. The highest BCUT2D eigenvalue weighted by molar-refractivity contribution is 7.92. The molecule has 1 atom stereocenters. The molecular weight excluding hydrogens is 402 g/mol. The molecule has 1 N–H and O–H groups in total. The molecule has 7 nitrogen and oxygen atoms in total. The predicted molar refractivity (Wildman–Crippen MR) is 119 cm³/mol. The van der Waals surface area contributed by atoms with E-state index in [1.165, 1.54) is 11.9 Å². The third kappa shape index (κ3) is 5.82. The van der Waals surface area contributed by atoms with E-state index in [0.717, 1.165) is 21.7 Å². The molecule has 2 amide bonds. The Labute approximate surface area is 178 Å². The van der Waals surface area contributed by atoms with Gasteiger partial charge in [-0.1, -0.05) is 49.4 Å². The van der Waals surface area contributed by atoms with Gasteiger partial charge in [-0.25, -0.2) is 8.42 Å². The number of para-hydroxylation sites is 1. The maximum Gasteiger partial charge on any atom is 0.244 e. The molecule has 0 fully saturated rings. The van der Waals surface area contributed by atoms with Crippen LogP contribution in [-0.4, -0.2) is 51.0 Å². The molecule has 2 rings (SSSR count). The van der Waals surface area contributed by atoms with Crippen molar-refractivity contribution in [2.45, 2.75) is 32.9 Å². The van der Waals surface area contributed by atoms with Crippen LogP contribution in [0.5, 0.6) is 0 Å². The number of hydrogen-bond acceptors (Lipinski definition) is 4. The van der Waals surface area contributed by atoms with E-state index in [1.54, 1.807) is 30.3 Å². The van der Waals surface area contributed by atoms with Crippen LogP contribution >= 0.6 is 0 Å². The van der Waals surface area contributed by atoms with Gasteiger partial charge in [-0.2, -0.15) is 0 Å².